The number of hydrogen-bond donors (Lipinski definition) is 2. The van der Waals surface area contributed by atoms with Gasteiger partial charge in [0.05, 0.1) is 4.90 Å². The summed E-state index contributed by atoms with van der Waals surface area (Å²) in [5.74, 6) is -0.229. The molecule has 5 nitrogen and oxygen atoms in total. The van der Waals surface area contributed by atoms with Crippen LogP contribution in [-0.4, -0.2) is 32.7 Å². The Morgan fingerprint density at radius 3 is 2.21 bits per heavy atom. The van der Waals surface area contributed by atoms with Crippen LogP contribution in [-0.2, 0) is 9.84 Å². The van der Waals surface area contributed by atoms with Gasteiger partial charge >= 0.3 is 0 Å². The molecule has 0 spiro atoms. The standard InChI is InChI=1S/C13H20N2O3S/c1-9(14)8-10(2)15-13(16)11-4-6-12(7-5-11)19(3,17)18/h4-7,9-10H,8,14H2,1-3H3,(H,15,16). The zero-order chi connectivity index (χ0) is 14.6. The summed E-state index contributed by atoms with van der Waals surface area (Å²) in [5.41, 5.74) is 6.09. The minimum Gasteiger partial charge on any atom is -0.350 e. The maximum atomic E-state index is 11.9. The Hall–Kier alpha value is -1.40. The van der Waals surface area contributed by atoms with Gasteiger partial charge in [0.15, 0.2) is 9.84 Å². The number of rotatable bonds is 5. The van der Waals surface area contributed by atoms with E-state index in [0.717, 1.165) is 6.26 Å². The van der Waals surface area contributed by atoms with E-state index in [9.17, 15) is 13.2 Å². The Morgan fingerprint density at radius 2 is 1.79 bits per heavy atom. The number of nitrogens with two attached hydrogens (primary N) is 1. The zero-order valence-corrected chi connectivity index (χ0v) is 12.2. The summed E-state index contributed by atoms with van der Waals surface area (Å²) >= 11 is 0. The molecular formula is C13H20N2O3S. The smallest absolute Gasteiger partial charge is 0.251 e. The van der Waals surface area contributed by atoms with E-state index in [4.69, 9.17) is 5.73 Å². The molecule has 106 valence electrons. The van der Waals surface area contributed by atoms with E-state index in [0.29, 0.717) is 12.0 Å². The molecule has 6 heteroatoms. The number of carbonyl (C=O) groups excluding carboxylic acids is 1. The first-order valence-corrected chi connectivity index (χ1v) is 7.96. The summed E-state index contributed by atoms with van der Waals surface area (Å²) < 4.78 is 22.6. The second-order valence-corrected chi connectivity index (χ2v) is 6.90. The zero-order valence-electron chi connectivity index (χ0n) is 11.4. The maximum Gasteiger partial charge on any atom is 0.251 e. The fourth-order valence-corrected chi connectivity index (χ4v) is 2.41. The predicted octanol–water partition coefficient (Wildman–Crippen LogP) is 0.946. The highest BCUT2D eigenvalue weighted by Gasteiger charge is 2.12. The second kappa shape index (κ2) is 6.16. The number of amides is 1. The summed E-state index contributed by atoms with van der Waals surface area (Å²) in [4.78, 5) is 12.1. The average Bonchev–Trinajstić information content (AvgIpc) is 2.26. The van der Waals surface area contributed by atoms with E-state index in [2.05, 4.69) is 5.32 Å². The van der Waals surface area contributed by atoms with Crippen LogP contribution in [0.2, 0.25) is 0 Å². The molecule has 0 saturated carbocycles. The van der Waals surface area contributed by atoms with Gasteiger partial charge in [-0.25, -0.2) is 8.42 Å². The summed E-state index contributed by atoms with van der Waals surface area (Å²) in [7, 11) is -3.23. The van der Waals surface area contributed by atoms with Crippen molar-refractivity contribution >= 4 is 15.7 Å². The molecule has 1 amide bonds. The molecule has 0 aliphatic rings. The molecule has 0 aliphatic heterocycles. The van der Waals surface area contributed by atoms with Crippen LogP contribution in [0.4, 0.5) is 0 Å². The number of carbonyl (C=O) groups is 1. The van der Waals surface area contributed by atoms with Gasteiger partial charge in [0.1, 0.15) is 0 Å². The summed E-state index contributed by atoms with van der Waals surface area (Å²) in [6.07, 6.45) is 1.82. The maximum absolute atomic E-state index is 11.9. The average molecular weight is 284 g/mol. The van der Waals surface area contributed by atoms with E-state index < -0.39 is 9.84 Å². The Kier molecular flexibility index (Phi) is 5.08. The number of benzene rings is 1. The fourth-order valence-electron chi connectivity index (χ4n) is 1.78. The van der Waals surface area contributed by atoms with E-state index in [1.165, 1.54) is 24.3 Å². The molecule has 0 heterocycles. The first-order chi connectivity index (χ1) is 8.70. The molecule has 19 heavy (non-hydrogen) atoms. The normalized spacial score (nSPS) is 14.7. The van der Waals surface area contributed by atoms with Crippen molar-refractivity contribution in [2.24, 2.45) is 5.73 Å². The monoisotopic (exact) mass is 284 g/mol. The van der Waals surface area contributed by atoms with Gasteiger partial charge in [0.25, 0.3) is 5.91 Å². The van der Waals surface area contributed by atoms with E-state index >= 15 is 0 Å². The van der Waals surface area contributed by atoms with Gasteiger partial charge in [0, 0.05) is 23.9 Å². The minimum absolute atomic E-state index is 0.0166. The number of nitrogens with one attached hydrogen (secondary N) is 1. The molecule has 0 radical (unpaired) electrons. The van der Waals surface area contributed by atoms with Crippen LogP contribution in [0.3, 0.4) is 0 Å². The minimum atomic E-state index is -3.23. The SMILES string of the molecule is CC(N)CC(C)NC(=O)c1ccc(S(C)(=O)=O)cc1. The van der Waals surface area contributed by atoms with Crippen molar-refractivity contribution in [3.05, 3.63) is 29.8 Å². The highest BCUT2D eigenvalue weighted by Crippen LogP contribution is 2.10. The van der Waals surface area contributed by atoms with Crippen LogP contribution in [0.5, 0.6) is 0 Å². The van der Waals surface area contributed by atoms with Crippen molar-refractivity contribution in [1.82, 2.24) is 5.32 Å². The van der Waals surface area contributed by atoms with Gasteiger partial charge in [-0.05, 0) is 44.5 Å². The highest BCUT2D eigenvalue weighted by atomic mass is 32.2. The van der Waals surface area contributed by atoms with Gasteiger partial charge < -0.3 is 11.1 Å². The van der Waals surface area contributed by atoms with Crippen LogP contribution < -0.4 is 11.1 Å². The third kappa shape index (κ3) is 5.00. The van der Waals surface area contributed by atoms with Gasteiger partial charge in [-0.3, -0.25) is 4.79 Å². The summed E-state index contributed by atoms with van der Waals surface area (Å²) in [6, 6.07) is 5.86. The van der Waals surface area contributed by atoms with Gasteiger partial charge in [-0.1, -0.05) is 0 Å². The first-order valence-electron chi connectivity index (χ1n) is 6.06. The molecule has 2 unspecified atom stereocenters. The molecule has 0 aromatic heterocycles. The lowest BCUT2D eigenvalue weighted by Crippen LogP contribution is -2.36. The lowest BCUT2D eigenvalue weighted by Gasteiger charge is -2.16. The fraction of sp³-hybridized carbons (Fsp3) is 0.462. The van der Waals surface area contributed by atoms with Crippen molar-refractivity contribution in [3.8, 4) is 0 Å². The first kappa shape index (κ1) is 15.7. The van der Waals surface area contributed by atoms with Crippen LogP contribution in [0.1, 0.15) is 30.6 Å². The van der Waals surface area contributed by atoms with E-state index in [1.807, 2.05) is 13.8 Å². The van der Waals surface area contributed by atoms with Crippen molar-refractivity contribution in [2.75, 3.05) is 6.26 Å². The third-order valence-corrected chi connectivity index (χ3v) is 3.78. The Balaban J connectivity index is 2.74. The largest absolute Gasteiger partial charge is 0.350 e. The molecule has 2 atom stereocenters. The molecule has 0 bridgehead atoms. The van der Waals surface area contributed by atoms with Crippen LogP contribution >= 0.6 is 0 Å². The van der Waals surface area contributed by atoms with E-state index in [-0.39, 0.29) is 22.9 Å². The quantitative estimate of drug-likeness (QED) is 0.842. The van der Waals surface area contributed by atoms with Crippen molar-refractivity contribution < 1.29 is 13.2 Å². The predicted molar refractivity (Wildman–Crippen MR) is 74.7 cm³/mol. The molecule has 0 aliphatic carbocycles. The Bertz CT molecular complexity index is 536. The lowest BCUT2D eigenvalue weighted by molar-refractivity contribution is 0.0937. The van der Waals surface area contributed by atoms with E-state index in [1.54, 1.807) is 0 Å². The molecule has 1 rings (SSSR count). The van der Waals surface area contributed by atoms with Crippen LogP contribution in [0.25, 0.3) is 0 Å². The van der Waals surface area contributed by atoms with Crippen LogP contribution in [0.15, 0.2) is 29.2 Å². The molecule has 1 aromatic rings. The van der Waals surface area contributed by atoms with Gasteiger partial charge in [-0.2, -0.15) is 0 Å². The summed E-state index contributed by atoms with van der Waals surface area (Å²) in [6.45, 7) is 3.76. The molecule has 0 saturated heterocycles. The second-order valence-electron chi connectivity index (χ2n) is 4.88. The van der Waals surface area contributed by atoms with Gasteiger partial charge in [0.2, 0.25) is 0 Å². The summed E-state index contributed by atoms with van der Waals surface area (Å²) in [5, 5.41) is 2.82. The van der Waals surface area contributed by atoms with Crippen molar-refractivity contribution in [1.29, 1.82) is 0 Å². The molecular weight excluding hydrogens is 264 g/mol. The third-order valence-electron chi connectivity index (χ3n) is 2.65. The topological polar surface area (TPSA) is 89.3 Å². The molecule has 0 fully saturated rings. The van der Waals surface area contributed by atoms with Crippen molar-refractivity contribution in [3.63, 3.8) is 0 Å². The van der Waals surface area contributed by atoms with Gasteiger partial charge in [-0.15, -0.1) is 0 Å². The van der Waals surface area contributed by atoms with Crippen LogP contribution in [0, 0.1) is 0 Å². The van der Waals surface area contributed by atoms with Crippen molar-refractivity contribution in [2.45, 2.75) is 37.2 Å². The Labute approximate surface area is 114 Å². The lowest BCUT2D eigenvalue weighted by atomic mass is 10.1. The highest BCUT2D eigenvalue weighted by molar-refractivity contribution is 7.90. The molecule has 3 N–H and O–H groups in total. The number of sulfone groups is 1. The number of hydrogen-bond acceptors (Lipinski definition) is 4. The molecule has 1 aromatic carbocycles. The Morgan fingerprint density at radius 1 is 1.26 bits per heavy atom.